The van der Waals surface area contributed by atoms with Gasteiger partial charge >= 0.3 is 0 Å². The summed E-state index contributed by atoms with van der Waals surface area (Å²) in [6, 6.07) is 15.6. The number of aliphatic hydroxyl groups excluding tert-OH is 1. The summed E-state index contributed by atoms with van der Waals surface area (Å²) in [5.41, 5.74) is 2.13. The highest BCUT2D eigenvalue weighted by Crippen LogP contribution is 2.22. The number of benzene rings is 2. The Morgan fingerprint density at radius 3 is 2.21 bits per heavy atom. The molecule has 0 spiro atoms. The van der Waals surface area contributed by atoms with Gasteiger partial charge in [0, 0.05) is 43.4 Å². The van der Waals surface area contributed by atoms with Gasteiger partial charge in [-0.3, -0.25) is 4.90 Å². The Balaban J connectivity index is 1.52. The van der Waals surface area contributed by atoms with Crippen LogP contribution in [0.5, 0.6) is 5.75 Å². The minimum atomic E-state index is -0.477. The Labute approximate surface area is 148 Å². The SMILES string of the molecule is COc1ccc(N2CCN(C[C@H](O)c3ccc(Cl)cc3)CC2)cc1. The third-order valence-electron chi connectivity index (χ3n) is 4.50. The second kappa shape index (κ2) is 7.88. The maximum atomic E-state index is 10.4. The molecule has 0 bridgehead atoms. The number of rotatable bonds is 5. The van der Waals surface area contributed by atoms with Crippen molar-refractivity contribution in [1.82, 2.24) is 4.90 Å². The third-order valence-corrected chi connectivity index (χ3v) is 4.75. The lowest BCUT2D eigenvalue weighted by Crippen LogP contribution is -2.47. The lowest BCUT2D eigenvalue weighted by atomic mass is 10.1. The summed E-state index contributed by atoms with van der Waals surface area (Å²) >= 11 is 5.90. The van der Waals surface area contributed by atoms with Crippen molar-refractivity contribution in [1.29, 1.82) is 0 Å². The van der Waals surface area contributed by atoms with E-state index in [0.717, 1.165) is 37.5 Å². The maximum absolute atomic E-state index is 10.4. The first-order valence-electron chi connectivity index (χ1n) is 8.20. The number of nitrogens with zero attached hydrogens (tertiary/aromatic N) is 2. The van der Waals surface area contributed by atoms with E-state index in [4.69, 9.17) is 16.3 Å². The Bertz CT molecular complexity index is 637. The van der Waals surface area contributed by atoms with Crippen molar-refractivity contribution in [3.05, 3.63) is 59.1 Å². The summed E-state index contributed by atoms with van der Waals surface area (Å²) in [6.07, 6.45) is -0.477. The van der Waals surface area contributed by atoms with Crippen molar-refractivity contribution in [3.63, 3.8) is 0 Å². The molecule has 1 aliphatic rings. The van der Waals surface area contributed by atoms with Crippen LogP contribution in [0.4, 0.5) is 5.69 Å². The second-order valence-corrected chi connectivity index (χ2v) is 6.49. The fourth-order valence-corrected chi connectivity index (χ4v) is 3.14. The van der Waals surface area contributed by atoms with Gasteiger partial charge in [-0.2, -0.15) is 0 Å². The lowest BCUT2D eigenvalue weighted by molar-refractivity contribution is 0.109. The summed E-state index contributed by atoms with van der Waals surface area (Å²) in [4.78, 5) is 4.67. The molecular weight excluding hydrogens is 324 g/mol. The molecule has 4 nitrogen and oxygen atoms in total. The molecule has 0 radical (unpaired) electrons. The molecule has 0 unspecified atom stereocenters. The van der Waals surface area contributed by atoms with Crippen LogP contribution in [0.25, 0.3) is 0 Å². The fourth-order valence-electron chi connectivity index (χ4n) is 3.02. The van der Waals surface area contributed by atoms with Crippen LogP contribution in [-0.2, 0) is 0 Å². The molecule has 128 valence electrons. The molecule has 24 heavy (non-hydrogen) atoms. The average molecular weight is 347 g/mol. The zero-order chi connectivity index (χ0) is 16.9. The van der Waals surface area contributed by atoms with Gasteiger partial charge in [0.05, 0.1) is 13.2 Å². The topological polar surface area (TPSA) is 35.9 Å². The molecule has 1 fully saturated rings. The zero-order valence-corrected chi connectivity index (χ0v) is 14.6. The van der Waals surface area contributed by atoms with Crippen LogP contribution >= 0.6 is 11.6 Å². The zero-order valence-electron chi connectivity index (χ0n) is 13.9. The van der Waals surface area contributed by atoms with E-state index < -0.39 is 6.10 Å². The molecule has 2 aromatic rings. The van der Waals surface area contributed by atoms with E-state index in [0.29, 0.717) is 11.6 Å². The first kappa shape index (κ1) is 17.1. The Morgan fingerprint density at radius 1 is 1.00 bits per heavy atom. The number of hydrogen-bond acceptors (Lipinski definition) is 4. The second-order valence-electron chi connectivity index (χ2n) is 6.05. The molecule has 5 heteroatoms. The van der Waals surface area contributed by atoms with Crippen LogP contribution in [0.1, 0.15) is 11.7 Å². The standard InChI is InChI=1S/C19H23ClN2O2/c1-24-18-8-6-17(7-9-18)22-12-10-21(11-13-22)14-19(23)15-2-4-16(20)5-3-15/h2-9,19,23H,10-14H2,1H3/t19-/m0/s1. The molecule has 1 heterocycles. The summed E-state index contributed by atoms with van der Waals surface area (Å²) in [7, 11) is 1.68. The van der Waals surface area contributed by atoms with Gasteiger partial charge in [0.25, 0.3) is 0 Å². The molecular formula is C19H23ClN2O2. The normalized spacial score (nSPS) is 16.9. The number of methoxy groups -OCH3 is 1. The predicted molar refractivity (Wildman–Crippen MR) is 98.1 cm³/mol. The van der Waals surface area contributed by atoms with E-state index >= 15 is 0 Å². The minimum Gasteiger partial charge on any atom is -0.497 e. The molecule has 1 N–H and O–H groups in total. The minimum absolute atomic E-state index is 0.477. The summed E-state index contributed by atoms with van der Waals surface area (Å²) < 4.78 is 5.20. The number of anilines is 1. The highest BCUT2D eigenvalue weighted by Gasteiger charge is 2.20. The Hall–Kier alpha value is -1.75. The van der Waals surface area contributed by atoms with Crippen molar-refractivity contribution >= 4 is 17.3 Å². The Morgan fingerprint density at radius 2 is 1.62 bits per heavy atom. The number of ether oxygens (including phenoxy) is 1. The van der Waals surface area contributed by atoms with Crippen molar-refractivity contribution < 1.29 is 9.84 Å². The van der Waals surface area contributed by atoms with Crippen LogP contribution in [0.3, 0.4) is 0 Å². The van der Waals surface area contributed by atoms with Gasteiger partial charge in [-0.25, -0.2) is 0 Å². The quantitative estimate of drug-likeness (QED) is 0.902. The van der Waals surface area contributed by atoms with E-state index in [2.05, 4.69) is 21.9 Å². The van der Waals surface area contributed by atoms with E-state index in [1.807, 2.05) is 36.4 Å². The van der Waals surface area contributed by atoms with Crippen LogP contribution in [-0.4, -0.2) is 49.8 Å². The van der Waals surface area contributed by atoms with E-state index in [9.17, 15) is 5.11 Å². The van der Waals surface area contributed by atoms with Crippen molar-refractivity contribution in [2.45, 2.75) is 6.10 Å². The number of hydrogen-bond donors (Lipinski definition) is 1. The highest BCUT2D eigenvalue weighted by atomic mass is 35.5. The number of halogens is 1. The van der Waals surface area contributed by atoms with Crippen LogP contribution in [0.2, 0.25) is 5.02 Å². The largest absolute Gasteiger partial charge is 0.497 e. The summed E-state index contributed by atoms with van der Waals surface area (Å²) in [5.74, 6) is 0.878. The van der Waals surface area contributed by atoms with Gasteiger partial charge < -0.3 is 14.7 Å². The molecule has 1 saturated heterocycles. The molecule has 1 atom stereocenters. The molecule has 3 rings (SSSR count). The average Bonchev–Trinajstić information content (AvgIpc) is 2.63. The smallest absolute Gasteiger partial charge is 0.119 e. The molecule has 0 aromatic heterocycles. The van der Waals surface area contributed by atoms with Gasteiger partial charge in [-0.1, -0.05) is 23.7 Å². The number of piperazine rings is 1. The van der Waals surface area contributed by atoms with Crippen molar-refractivity contribution in [2.24, 2.45) is 0 Å². The molecule has 2 aromatic carbocycles. The Kier molecular flexibility index (Phi) is 5.61. The fraction of sp³-hybridized carbons (Fsp3) is 0.368. The lowest BCUT2D eigenvalue weighted by Gasteiger charge is -2.37. The number of aliphatic hydroxyl groups is 1. The van der Waals surface area contributed by atoms with Gasteiger partial charge in [0.15, 0.2) is 0 Å². The van der Waals surface area contributed by atoms with Gasteiger partial charge in [-0.05, 0) is 42.0 Å². The molecule has 0 aliphatic carbocycles. The van der Waals surface area contributed by atoms with E-state index in [1.165, 1.54) is 5.69 Å². The molecule has 0 amide bonds. The first-order valence-corrected chi connectivity index (χ1v) is 8.58. The summed E-state index contributed by atoms with van der Waals surface area (Å²) in [5, 5.41) is 11.1. The van der Waals surface area contributed by atoms with Crippen molar-refractivity contribution in [3.8, 4) is 5.75 Å². The van der Waals surface area contributed by atoms with Gasteiger partial charge in [-0.15, -0.1) is 0 Å². The first-order chi connectivity index (χ1) is 11.7. The summed E-state index contributed by atoms with van der Waals surface area (Å²) in [6.45, 7) is 4.45. The third kappa shape index (κ3) is 4.20. The van der Waals surface area contributed by atoms with Crippen LogP contribution < -0.4 is 9.64 Å². The molecule has 1 aliphatic heterocycles. The van der Waals surface area contributed by atoms with Crippen LogP contribution in [0.15, 0.2) is 48.5 Å². The highest BCUT2D eigenvalue weighted by molar-refractivity contribution is 6.30. The molecule has 0 saturated carbocycles. The number of β-amino-alcohol motifs (C(OH)–C–C–N with tert-alkyl or cyclic N) is 1. The van der Waals surface area contributed by atoms with Gasteiger partial charge in [0.2, 0.25) is 0 Å². The predicted octanol–water partition coefficient (Wildman–Crippen LogP) is 3.20. The van der Waals surface area contributed by atoms with E-state index in [-0.39, 0.29) is 0 Å². The monoisotopic (exact) mass is 346 g/mol. The van der Waals surface area contributed by atoms with Gasteiger partial charge in [0.1, 0.15) is 5.75 Å². The van der Waals surface area contributed by atoms with Crippen LogP contribution in [0, 0.1) is 0 Å². The maximum Gasteiger partial charge on any atom is 0.119 e. The van der Waals surface area contributed by atoms with Crippen molar-refractivity contribution in [2.75, 3.05) is 44.7 Å². The van der Waals surface area contributed by atoms with E-state index in [1.54, 1.807) is 7.11 Å².